The molecule has 0 atom stereocenters. The number of nitrogen functional groups attached to an aromatic ring is 1. The van der Waals surface area contributed by atoms with Crippen LogP contribution in [0.15, 0.2) is 24.3 Å². The number of benzene rings is 1. The van der Waals surface area contributed by atoms with Crippen molar-refractivity contribution < 1.29 is 0 Å². The molecule has 0 radical (unpaired) electrons. The Morgan fingerprint density at radius 1 is 1.33 bits per heavy atom. The molecular weight excluding hydrogens is 282 g/mol. The Balaban J connectivity index is 2.10. The number of anilines is 1. The van der Waals surface area contributed by atoms with Crippen molar-refractivity contribution in [3.05, 3.63) is 30.0 Å². The minimum absolute atomic E-state index is 0.507. The molecule has 21 heavy (non-hydrogen) atoms. The number of imidazole rings is 1. The van der Waals surface area contributed by atoms with Crippen LogP contribution in [0, 0.1) is 0 Å². The van der Waals surface area contributed by atoms with E-state index in [1.807, 2.05) is 37.0 Å². The predicted molar refractivity (Wildman–Crippen MR) is 89.1 cm³/mol. The second kappa shape index (κ2) is 5.44. The summed E-state index contributed by atoms with van der Waals surface area (Å²) in [6.45, 7) is 4.36. The molecule has 2 aromatic heterocycles. The zero-order valence-electron chi connectivity index (χ0n) is 12.4. The van der Waals surface area contributed by atoms with Crippen LogP contribution in [0.3, 0.4) is 0 Å². The fraction of sp³-hybridized carbons (Fsp3) is 0.333. The number of nitrogens with one attached hydrogen (secondary N) is 1. The topological polar surface area (TPSA) is 72.5 Å². The molecule has 0 saturated carbocycles. The Morgan fingerprint density at radius 3 is 2.81 bits per heavy atom. The molecule has 3 aromatic rings. The normalized spacial score (nSPS) is 11.6. The first kappa shape index (κ1) is 14.0. The van der Waals surface area contributed by atoms with Gasteiger partial charge in [-0.3, -0.25) is 5.10 Å². The molecule has 3 rings (SSSR count). The standard InChI is InChI=1S/C15H19N5S/c1-9(2)21-8-11-13(14(16)19-18-11)15-17-10-6-4-5-7-12(10)20(15)3/h4-7,9H,8H2,1-3H3,(H3,16,18,19). The summed E-state index contributed by atoms with van der Waals surface area (Å²) in [5.41, 5.74) is 10.1. The third kappa shape index (κ3) is 2.51. The van der Waals surface area contributed by atoms with Crippen LogP contribution in [0.25, 0.3) is 22.4 Å². The molecule has 0 bridgehead atoms. The van der Waals surface area contributed by atoms with Gasteiger partial charge in [0.2, 0.25) is 0 Å². The Kier molecular flexibility index (Phi) is 3.63. The molecule has 3 N–H and O–H groups in total. The molecule has 0 aliphatic carbocycles. The lowest BCUT2D eigenvalue weighted by Crippen LogP contribution is -1.98. The highest BCUT2D eigenvalue weighted by atomic mass is 32.2. The Bertz CT molecular complexity index is 772. The summed E-state index contributed by atoms with van der Waals surface area (Å²) in [5.74, 6) is 2.22. The third-order valence-corrected chi connectivity index (χ3v) is 4.56. The van der Waals surface area contributed by atoms with Gasteiger partial charge in [-0.1, -0.05) is 26.0 Å². The molecule has 0 spiro atoms. The summed E-state index contributed by atoms with van der Waals surface area (Å²) in [7, 11) is 2.01. The maximum absolute atomic E-state index is 6.07. The van der Waals surface area contributed by atoms with Crippen molar-refractivity contribution in [2.75, 3.05) is 5.73 Å². The number of hydrogen-bond acceptors (Lipinski definition) is 4. The summed E-state index contributed by atoms with van der Waals surface area (Å²) < 4.78 is 2.07. The quantitative estimate of drug-likeness (QED) is 0.776. The van der Waals surface area contributed by atoms with Crippen LogP contribution in [-0.4, -0.2) is 25.0 Å². The van der Waals surface area contributed by atoms with E-state index in [2.05, 4.69) is 34.7 Å². The van der Waals surface area contributed by atoms with Crippen LogP contribution in [-0.2, 0) is 12.8 Å². The number of aromatic nitrogens is 4. The Labute approximate surface area is 127 Å². The van der Waals surface area contributed by atoms with Crippen LogP contribution < -0.4 is 5.73 Å². The number of thioether (sulfide) groups is 1. The second-order valence-corrected chi connectivity index (χ2v) is 6.87. The molecule has 0 amide bonds. The molecule has 6 heteroatoms. The van der Waals surface area contributed by atoms with Crippen molar-refractivity contribution in [2.45, 2.75) is 24.9 Å². The van der Waals surface area contributed by atoms with Gasteiger partial charge in [-0.25, -0.2) is 4.98 Å². The van der Waals surface area contributed by atoms with Gasteiger partial charge in [0, 0.05) is 12.8 Å². The first-order valence-electron chi connectivity index (χ1n) is 6.94. The van der Waals surface area contributed by atoms with Gasteiger partial charge in [-0.2, -0.15) is 16.9 Å². The SMILES string of the molecule is CC(C)SCc1[nH]nc(N)c1-c1nc2ccccc2n1C. The van der Waals surface area contributed by atoms with Crippen LogP contribution in [0.2, 0.25) is 0 Å². The van der Waals surface area contributed by atoms with E-state index < -0.39 is 0 Å². The zero-order chi connectivity index (χ0) is 15.0. The van der Waals surface area contributed by atoms with Gasteiger partial charge >= 0.3 is 0 Å². The van der Waals surface area contributed by atoms with E-state index in [4.69, 9.17) is 10.7 Å². The van der Waals surface area contributed by atoms with Gasteiger partial charge in [0.05, 0.1) is 22.3 Å². The van der Waals surface area contributed by atoms with E-state index in [1.54, 1.807) is 0 Å². The van der Waals surface area contributed by atoms with Gasteiger partial charge in [-0.05, 0) is 17.4 Å². The third-order valence-electron chi connectivity index (χ3n) is 3.44. The molecule has 0 unspecified atom stereocenters. The number of fused-ring (bicyclic) bond motifs is 1. The fourth-order valence-electron chi connectivity index (χ4n) is 2.37. The van der Waals surface area contributed by atoms with Crippen LogP contribution in [0.4, 0.5) is 5.82 Å². The van der Waals surface area contributed by atoms with Gasteiger partial charge in [0.25, 0.3) is 0 Å². The number of nitrogens with zero attached hydrogens (tertiary/aromatic N) is 3. The lowest BCUT2D eigenvalue weighted by atomic mass is 10.2. The van der Waals surface area contributed by atoms with Crippen molar-refractivity contribution in [2.24, 2.45) is 7.05 Å². The van der Waals surface area contributed by atoms with E-state index in [9.17, 15) is 0 Å². The Morgan fingerprint density at radius 2 is 2.10 bits per heavy atom. The molecule has 0 aliphatic heterocycles. The number of para-hydroxylation sites is 2. The summed E-state index contributed by atoms with van der Waals surface area (Å²) in [5, 5.41) is 7.78. The maximum Gasteiger partial charge on any atom is 0.156 e. The highest BCUT2D eigenvalue weighted by molar-refractivity contribution is 7.99. The summed E-state index contributed by atoms with van der Waals surface area (Å²) in [4.78, 5) is 4.72. The summed E-state index contributed by atoms with van der Waals surface area (Å²) >= 11 is 1.86. The summed E-state index contributed by atoms with van der Waals surface area (Å²) in [6, 6.07) is 8.08. The van der Waals surface area contributed by atoms with Crippen LogP contribution in [0.1, 0.15) is 19.5 Å². The number of nitrogens with two attached hydrogens (primary N) is 1. The molecule has 0 fully saturated rings. The molecule has 5 nitrogen and oxygen atoms in total. The van der Waals surface area contributed by atoms with Gasteiger partial charge in [0.1, 0.15) is 5.82 Å². The van der Waals surface area contributed by atoms with Gasteiger partial charge in [0.15, 0.2) is 5.82 Å². The molecule has 0 aliphatic rings. The van der Waals surface area contributed by atoms with E-state index in [0.29, 0.717) is 11.1 Å². The number of hydrogen-bond donors (Lipinski definition) is 2. The minimum atomic E-state index is 0.507. The fourth-order valence-corrected chi connectivity index (χ4v) is 3.08. The first-order valence-corrected chi connectivity index (χ1v) is 7.99. The largest absolute Gasteiger partial charge is 0.382 e. The second-order valence-electron chi connectivity index (χ2n) is 5.31. The maximum atomic E-state index is 6.07. The highest BCUT2D eigenvalue weighted by Crippen LogP contribution is 2.32. The summed E-state index contributed by atoms with van der Waals surface area (Å²) in [6.07, 6.45) is 0. The van der Waals surface area contributed by atoms with Crippen molar-refractivity contribution in [1.29, 1.82) is 0 Å². The van der Waals surface area contributed by atoms with E-state index >= 15 is 0 Å². The first-order chi connectivity index (χ1) is 10.1. The van der Waals surface area contributed by atoms with Crippen molar-refractivity contribution >= 4 is 28.6 Å². The number of aryl methyl sites for hydroxylation is 1. The van der Waals surface area contributed by atoms with E-state index in [0.717, 1.165) is 33.9 Å². The van der Waals surface area contributed by atoms with Crippen LogP contribution >= 0.6 is 11.8 Å². The molecular formula is C15H19N5S. The lowest BCUT2D eigenvalue weighted by molar-refractivity contribution is 0.956. The van der Waals surface area contributed by atoms with E-state index in [1.165, 1.54) is 0 Å². The average Bonchev–Trinajstić information content (AvgIpc) is 2.98. The Hall–Kier alpha value is -1.95. The number of H-pyrrole nitrogens is 1. The lowest BCUT2D eigenvalue weighted by Gasteiger charge is -2.06. The zero-order valence-corrected chi connectivity index (χ0v) is 13.2. The number of aromatic amines is 1. The molecule has 2 heterocycles. The average molecular weight is 301 g/mol. The molecule has 110 valence electrons. The van der Waals surface area contributed by atoms with E-state index in [-0.39, 0.29) is 0 Å². The van der Waals surface area contributed by atoms with Gasteiger partial charge < -0.3 is 10.3 Å². The number of rotatable bonds is 4. The monoisotopic (exact) mass is 301 g/mol. The molecule has 1 aromatic carbocycles. The van der Waals surface area contributed by atoms with Crippen LogP contribution in [0.5, 0.6) is 0 Å². The van der Waals surface area contributed by atoms with Gasteiger partial charge in [-0.15, -0.1) is 0 Å². The van der Waals surface area contributed by atoms with Crippen molar-refractivity contribution in [3.63, 3.8) is 0 Å². The smallest absolute Gasteiger partial charge is 0.156 e. The van der Waals surface area contributed by atoms with Crippen molar-refractivity contribution in [3.8, 4) is 11.4 Å². The minimum Gasteiger partial charge on any atom is -0.382 e. The highest BCUT2D eigenvalue weighted by Gasteiger charge is 2.19. The molecule has 0 saturated heterocycles. The predicted octanol–water partition coefficient (Wildman–Crippen LogP) is 3.19. The van der Waals surface area contributed by atoms with Crippen molar-refractivity contribution in [1.82, 2.24) is 19.7 Å².